The van der Waals surface area contributed by atoms with Gasteiger partial charge >= 0.3 is 0 Å². The Labute approximate surface area is 104 Å². The van der Waals surface area contributed by atoms with E-state index in [0.717, 1.165) is 13.0 Å². The Morgan fingerprint density at radius 1 is 1.19 bits per heavy atom. The third kappa shape index (κ3) is 5.53. The van der Waals surface area contributed by atoms with Gasteiger partial charge in [0.25, 0.3) is 0 Å². The number of alkyl halides is 1. The van der Waals surface area contributed by atoms with Crippen LogP contribution in [0.3, 0.4) is 0 Å². The van der Waals surface area contributed by atoms with Crippen molar-refractivity contribution in [3.63, 3.8) is 0 Å². The molecule has 0 fully saturated rings. The van der Waals surface area contributed by atoms with E-state index >= 15 is 0 Å². The second-order valence-electron chi connectivity index (χ2n) is 4.20. The number of halogens is 1. The van der Waals surface area contributed by atoms with E-state index in [9.17, 15) is 0 Å². The van der Waals surface area contributed by atoms with Crippen LogP contribution in [0.25, 0.3) is 0 Å². The van der Waals surface area contributed by atoms with E-state index in [0.29, 0.717) is 11.9 Å². The van der Waals surface area contributed by atoms with Crippen molar-refractivity contribution in [3.05, 3.63) is 35.9 Å². The van der Waals surface area contributed by atoms with Crippen molar-refractivity contribution < 1.29 is 0 Å². The minimum atomic E-state index is 0.404. The summed E-state index contributed by atoms with van der Waals surface area (Å²) in [5.74, 6) is 0.682. The maximum absolute atomic E-state index is 5.97. The van der Waals surface area contributed by atoms with Crippen molar-refractivity contribution >= 4 is 11.6 Å². The van der Waals surface area contributed by atoms with Crippen LogP contribution in [0.15, 0.2) is 30.3 Å². The molecule has 90 valence electrons. The topological polar surface area (TPSA) is 12.0 Å². The maximum Gasteiger partial charge on any atom is 0.0380 e. The molecular weight excluding hydrogens is 218 g/mol. The number of hydrogen-bond donors (Lipinski definition) is 1. The highest BCUT2D eigenvalue weighted by atomic mass is 35.5. The lowest BCUT2D eigenvalue weighted by atomic mass is 10.1. The molecule has 0 bridgehead atoms. The summed E-state index contributed by atoms with van der Waals surface area (Å²) in [6.45, 7) is 3.31. The summed E-state index contributed by atoms with van der Waals surface area (Å²) < 4.78 is 0. The van der Waals surface area contributed by atoms with E-state index in [-0.39, 0.29) is 0 Å². The van der Waals surface area contributed by atoms with E-state index in [1.54, 1.807) is 0 Å². The largest absolute Gasteiger partial charge is 0.312 e. The molecule has 0 amide bonds. The van der Waals surface area contributed by atoms with Crippen LogP contribution in [0.4, 0.5) is 0 Å². The molecule has 1 rings (SSSR count). The SMILES string of the molecule is CCCCCNC(CCl)Cc1ccccc1. The zero-order valence-electron chi connectivity index (χ0n) is 10.1. The minimum Gasteiger partial charge on any atom is -0.312 e. The van der Waals surface area contributed by atoms with Crippen LogP contribution in [0.2, 0.25) is 0 Å². The Bertz CT molecular complexity index is 261. The molecule has 0 saturated heterocycles. The summed E-state index contributed by atoms with van der Waals surface area (Å²) in [6.07, 6.45) is 4.84. The smallest absolute Gasteiger partial charge is 0.0380 e. The Kier molecular flexibility index (Phi) is 7.28. The second-order valence-corrected chi connectivity index (χ2v) is 4.51. The summed E-state index contributed by atoms with van der Waals surface area (Å²) in [5, 5.41) is 3.52. The van der Waals surface area contributed by atoms with Gasteiger partial charge in [-0.1, -0.05) is 50.1 Å². The Morgan fingerprint density at radius 2 is 1.94 bits per heavy atom. The molecule has 2 heteroatoms. The lowest BCUT2D eigenvalue weighted by Gasteiger charge is -2.15. The Balaban J connectivity index is 2.26. The first-order chi connectivity index (χ1) is 7.86. The predicted octanol–water partition coefficient (Wildman–Crippen LogP) is 3.62. The first kappa shape index (κ1) is 13.5. The molecule has 0 aromatic heterocycles. The summed E-state index contributed by atoms with van der Waals surface area (Å²) in [6, 6.07) is 10.9. The first-order valence-corrected chi connectivity index (χ1v) is 6.73. The number of unbranched alkanes of at least 4 members (excludes halogenated alkanes) is 2. The van der Waals surface area contributed by atoms with Crippen LogP contribution in [0.5, 0.6) is 0 Å². The van der Waals surface area contributed by atoms with Crippen LogP contribution in [-0.4, -0.2) is 18.5 Å². The zero-order valence-corrected chi connectivity index (χ0v) is 10.8. The molecule has 0 aliphatic carbocycles. The van der Waals surface area contributed by atoms with Crippen molar-refractivity contribution in [3.8, 4) is 0 Å². The van der Waals surface area contributed by atoms with Gasteiger partial charge in [0.2, 0.25) is 0 Å². The number of benzene rings is 1. The molecule has 0 aliphatic rings. The molecule has 0 saturated carbocycles. The van der Waals surface area contributed by atoms with Gasteiger partial charge in [0.05, 0.1) is 0 Å². The van der Waals surface area contributed by atoms with Gasteiger partial charge < -0.3 is 5.32 Å². The fraction of sp³-hybridized carbons (Fsp3) is 0.571. The van der Waals surface area contributed by atoms with Gasteiger partial charge in [0, 0.05) is 11.9 Å². The van der Waals surface area contributed by atoms with Gasteiger partial charge in [-0.05, 0) is 24.9 Å². The molecule has 0 spiro atoms. The molecule has 1 nitrogen and oxygen atoms in total. The average Bonchev–Trinajstić information content (AvgIpc) is 2.34. The normalized spacial score (nSPS) is 12.6. The monoisotopic (exact) mass is 239 g/mol. The predicted molar refractivity (Wildman–Crippen MR) is 72.2 cm³/mol. The van der Waals surface area contributed by atoms with E-state index in [1.165, 1.54) is 24.8 Å². The zero-order chi connectivity index (χ0) is 11.6. The van der Waals surface area contributed by atoms with Gasteiger partial charge in [-0.3, -0.25) is 0 Å². The molecular formula is C14H22ClN. The number of nitrogens with one attached hydrogen (secondary N) is 1. The van der Waals surface area contributed by atoms with Gasteiger partial charge in [-0.15, -0.1) is 11.6 Å². The highest BCUT2D eigenvalue weighted by Crippen LogP contribution is 2.04. The Morgan fingerprint density at radius 3 is 2.56 bits per heavy atom. The highest BCUT2D eigenvalue weighted by Gasteiger charge is 2.06. The van der Waals surface area contributed by atoms with Crippen molar-refractivity contribution in [1.29, 1.82) is 0 Å². The maximum atomic E-state index is 5.97. The molecule has 1 aromatic carbocycles. The van der Waals surface area contributed by atoms with E-state index < -0.39 is 0 Å². The fourth-order valence-electron chi connectivity index (χ4n) is 1.76. The fourth-order valence-corrected chi connectivity index (χ4v) is 1.98. The molecule has 1 aromatic rings. The van der Waals surface area contributed by atoms with E-state index in [2.05, 4.69) is 36.5 Å². The van der Waals surface area contributed by atoms with Crippen LogP contribution < -0.4 is 5.32 Å². The molecule has 0 aliphatic heterocycles. The summed E-state index contributed by atoms with van der Waals surface area (Å²) in [7, 11) is 0. The van der Waals surface area contributed by atoms with Gasteiger partial charge in [-0.2, -0.15) is 0 Å². The van der Waals surface area contributed by atoms with E-state index in [1.807, 2.05) is 6.07 Å². The lowest BCUT2D eigenvalue weighted by molar-refractivity contribution is 0.527. The standard InChI is InChI=1S/C14H22ClN/c1-2-3-7-10-16-14(12-15)11-13-8-5-4-6-9-13/h4-6,8-9,14,16H,2-3,7,10-12H2,1H3. The van der Waals surface area contributed by atoms with Gasteiger partial charge in [-0.25, -0.2) is 0 Å². The second kappa shape index (κ2) is 8.60. The molecule has 1 unspecified atom stereocenters. The first-order valence-electron chi connectivity index (χ1n) is 6.20. The van der Waals surface area contributed by atoms with Crippen LogP contribution >= 0.6 is 11.6 Å². The third-order valence-electron chi connectivity index (χ3n) is 2.72. The van der Waals surface area contributed by atoms with Crippen molar-refractivity contribution in [1.82, 2.24) is 5.32 Å². The average molecular weight is 240 g/mol. The molecule has 16 heavy (non-hydrogen) atoms. The summed E-state index contributed by atoms with van der Waals surface area (Å²) in [4.78, 5) is 0. The van der Waals surface area contributed by atoms with Gasteiger partial charge in [0.15, 0.2) is 0 Å². The van der Waals surface area contributed by atoms with E-state index in [4.69, 9.17) is 11.6 Å². The van der Waals surface area contributed by atoms with Crippen LogP contribution in [0, 0.1) is 0 Å². The molecule has 1 N–H and O–H groups in total. The third-order valence-corrected chi connectivity index (χ3v) is 3.10. The Hall–Kier alpha value is -0.530. The molecule has 0 radical (unpaired) electrons. The summed E-state index contributed by atoms with van der Waals surface area (Å²) in [5.41, 5.74) is 1.36. The lowest BCUT2D eigenvalue weighted by Crippen LogP contribution is -2.33. The van der Waals surface area contributed by atoms with Crippen molar-refractivity contribution in [2.45, 2.75) is 38.6 Å². The number of hydrogen-bond acceptors (Lipinski definition) is 1. The molecule has 1 atom stereocenters. The quantitative estimate of drug-likeness (QED) is 0.540. The summed E-state index contributed by atoms with van der Waals surface area (Å²) >= 11 is 5.97. The van der Waals surface area contributed by atoms with Crippen LogP contribution in [0.1, 0.15) is 31.7 Å². The van der Waals surface area contributed by atoms with Crippen LogP contribution in [-0.2, 0) is 6.42 Å². The molecule has 0 heterocycles. The number of rotatable bonds is 8. The highest BCUT2D eigenvalue weighted by molar-refractivity contribution is 6.18. The minimum absolute atomic E-state index is 0.404. The van der Waals surface area contributed by atoms with Crippen molar-refractivity contribution in [2.24, 2.45) is 0 Å². The van der Waals surface area contributed by atoms with Crippen molar-refractivity contribution in [2.75, 3.05) is 12.4 Å². The van der Waals surface area contributed by atoms with Gasteiger partial charge in [0.1, 0.15) is 0 Å².